The molecule has 3 nitrogen and oxygen atoms in total. The van der Waals surface area contributed by atoms with Gasteiger partial charge in [0.2, 0.25) is 0 Å². The van der Waals surface area contributed by atoms with Gasteiger partial charge in [-0.3, -0.25) is 0 Å². The Morgan fingerprint density at radius 1 is 1.10 bits per heavy atom. The Kier molecular flexibility index (Phi) is 3.66. The van der Waals surface area contributed by atoms with Crippen LogP contribution in [-0.2, 0) is 20.2 Å². The van der Waals surface area contributed by atoms with Crippen LogP contribution < -0.4 is 0 Å². The van der Waals surface area contributed by atoms with Crippen molar-refractivity contribution in [3.8, 4) is 0 Å². The second-order valence-corrected chi connectivity index (χ2v) is 9.49. The Morgan fingerprint density at radius 3 is 2.05 bits per heavy atom. The van der Waals surface area contributed by atoms with Gasteiger partial charge in [-0.2, -0.15) is 0 Å². The van der Waals surface area contributed by atoms with Crippen molar-refractivity contribution in [1.29, 1.82) is 0 Å². The SMILES string of the molecule is CC(C)(C)C12COC(c3ccc(Cl)cc3)(OC1)OC2(C)I. The standard InChI is InChI=1S/C16H20ClIO3/c1-13(2,3)15-9-19-16(20-10-15,21-14(15,4)18)11-5-7-12(17)8-6-11/h5-8H,9-10H2,1-4H3. The number of alkyl halides is 1. The van der Waals surface area contributed by atoms with Crippen molar-refractivity contribution in [2.24, 2.45) is 10.8 Å². The average molecular weight is 423 g/mol. The molecule has 0 amide bonds. The summed E-state index contributed by atoms with van der Waals surface area (Å²) in [5.74, 6) is -1.12. The van der Waals surface area contributed by atoms with E-state index in [1.807, 2.05) is 24.3 Å². The van der Waals surface area contributed by atoms with Crippen LogP contribution in [0, 0.1) is 10.8 Å². The van der Waals surface area contributed by atoms with Crippen molar-refractivity contribution in [3.63, 3.8) is 0 Å². The zero-order chi connectivity index (χ0) is 15.5. The Morgan fingerprint density at radius 2 is 1.62 bits per heavy atom. The highest BCUT2D eigenvalue weighted by atomic mass is 127. The summed E-state index contributed by atoms with van der Waals surface area (Å²) in [7, 11) is 0. The van der Waals surface area contributed by atoms with Crippen LogP contribution in [0.4, 0.5) is 0 Å². The van der Waals surface area contributed by atoms with Crippen molar-refractivity contribution in [3.05, 3.63) is 34.9 Å². The fourth-order valence-corrected chi connectivity index (χ4v) is 4.71. The van der Waals surface area contributed by atoms with Crippen molar-refractivity contribution in [2.45, 2.75) is 37.3 Å². The van der Waals surface area contributed by atoms with Gasteiger partial charge in [0.15, 0.2) is 0 Å². The second-order valence-electron chi connectivity index (χ2n) is 6.99. The molecule has 3 heterocycles. The maximum absolute atomic E-state index is 6.32. The summed E-state index contributed by atoms with van der Waals surface area (Å²) >= 11 is 8.36. The lowest BCUT2D eigenvalue weighted by Gasteiger charge is -2.63. The third kappa shape index (κ3) is 2.26. The monoisotopic (exact) mass is 422 g/mol. The van der Waals surface area contributed by atoms with Gasteiger partial charge in [-0.15, -0.1) is 0 Å². The third-order valence-corrected chi connectivity index (χ3v) is 6.34. The molecule has 1 aromatic carbocycles. The molecule has 0 spiro atoms. The van der Waals surface area contributed by atoms with E-state index >= 15 is 0 Å². The molecule has 1 unspecified atom stereocenters. The largest absolute Gasteiger partial charge is 0.323 e. The summed E-state index contributed by atoms with van der Waals surface area (Å²) in [6.45, 7) is 9.97. The zero-order valence-corrected chi connectivity index (χ0v) is 15.6. The van der Waals surface area contributed by atoms with Crippen LogP contribution >= 0.6 is 34.2 Å². The quantitative estimate of drug-likeness (QED) is 0.484. The summed E-state index contributed by atoms with van der Waals surface area (Å²) < 4.78 is 18.1. The summed E-state index contributed by atoms with van der Waals surface area (Å²) in [6, 6.07) is 7.44. The smallest absolute Gasteiger partial charge is 0.313 e. The highest BCUT2D eigenvalue weighted by Crippen LogP contribution is 2.62. The van der Waals surface area contributed by atoms with Crippen LogP contribution in [0.15, 0.2) is 24.3 Å². The van der Waals surface area contributed by atoms with E-state index in [2.05, 4.69) is 50.3 Å². The molecule has 5 heteroatoms. The number of ether oxygens (including phenoxy) is 3. The van der Waals surface area contributed by atoms with Crippen LogP contribution in [0.25, 0.3) is 0 Å². The first-order valence-corrected chi connectivity index (χ1v) is 8.51. The van der Waals surface area contributed by atoms with Crippen molar-refractivity contribution in [1.82, 2.24) is 0 Å². The van der Waals surface area contributed by atoms with Gasteiger partial charge in [0.25, 0.3) is 0 Å². The van der Waals surface area contributed by atoms with Crippen molar-refractivity contribution >= 4 is 34.2 Å². The molecule has 1 aromatic rings. The fourth-order valence-electron chi connectivity index (χ4n) is 3.17. The maximum atomic E-state index is 6.32. The molecular weight excluding hydrogens is 403 g/mol. The van der Waals surface area contributed by atoms with E-state index in [0.29, 0.717) is 18.2 Å². The van der Waals surface area contributed by atoms with Crippen LogP contribution in [0.1, 0.15) is 33.3 Å². The second kappa shape index (κ2) is 4.81. The van der Waals surface area contributed by atoms with Gasteiger partial charge >= 0.3 is 5.97 Å². The van der Waals surface area contributed by atoms with Crippen LogP contribution in [0.5, 0.6) is 0 Å². The molecule has 0 aliphatic carbocycles. The first-order valence-electron chi connectivity index (χ1n) is 7.05. The Balaban J connectivity index is 2.00. The number of hydrogen-bond acceptors (Lipinski definition) is 3. The molecule has 21 heavy (non-hydrogen) atoms. The minimum absolute atomic E-state index is 0.00944. The molecule has 0 N–H and O–H groups in total. The van der Waals surface area contributed by atoms with Gasteiger partial charge in [-0.25, -0.2) is 0 Å². The molecule has 3 saturated heterocycles. The lowest BCUT2D eigenvalue weighted by atomic mass is 9.63. The first-order chi connectivity index (χ1) is 9.62. The fraction of sp³-hybridized carbons (Fsp3) is 0.625. The first kappa shape index (κ1) is 16.0. The molecule has 3 aliphatic heterocycles. The molecule has 0 radical (unpaired) electrons. The average Bonchev–Trinajstić information content (AvgIpc) is 2.37. The van der Waals surface area contributed by atoms with Gasteiger partial charge < -0.3 is 14.2 Å². The zero-order valence-electron chi connectivity index (χ0n) is 12.7. The number of rotatable bonds is 1. The number of fused-ring (bicyclic) bond motifs is 3. The van der Waals surface area contributed by atoms with Gasteiger partial charge in [0.05, 0.1) is 18.6 Å². The molecule has 116 valence electrons. The minimum atomic E-state index is -1.12. The van der Waals surface area contributed by atoms with Crippen LogP contribution in [-0.4, -0.2) is 16.8 Å². The molecular formula is C16H20ClIO3. The van der Waals surface area contributed by atoms with Gasteiger partial charge in [0.1, 0.15) is 3.61 Å². The summed E-state index contributed by atoms with van der Waals surface area (Å²) in [6.07, 6.45) is 0. The lowest BCUT2D eigenvalue weighted by Crippen LogP contribution is -2.70. The summed E-state index contributed by atoms with van der Waals surface area (Å²) in [5, 5.41) is 0.683. The highest BCUT2D eigenvalue weighted by Gasteiger charge is 2.68. The molecule has 2 bridgehead atoms. The topological polar surface area (TPSA) is 27.7 Å². The molecule has 3 fully saturated rings. The van der Waals surface area contributed by atoms with Gasteiger partial charge in [-0.1, -0.05) is 32.4 Å². The molecule has 0 aromatic heterocycles. The van der Waals surface area contributed by atoms with Crippen molar-refractivity contribution < 1.29 is 14.2 Å². The summed E-state index contributed by atoms with van der Waals surface area (Å²) in [4.78, 5) is 0. The molecule has 1 atom stereocenters. The van der Waals surface area contributed by atoms with Gasteiger partial charge in [-0.05, 0) is 59.2 Å². The van der Waals surface area contributed by atoms with Crippen LogP contribution in [0.3, 0.4) is 0 Å². The Hall–Kier alpha value is 0.120. The third-order valence-electron chi connectivity index (χ3n) is 4.83. The van der Waals surface area contributed by atoms with E-state index in [9.17, 15) is 0 Å². The van der Waals surface area contributed by atoms with E-state index in [1.165, 1.54) is 0 Å². The highest BCUT2D eigenvalue weighted by molar-refractivity contribution is 14.1. The minimum Gasteiger partial charge on any atom is -0.323 e. The number of halogens is 2. The van der Waals surface area contributed by atoms with Gasteiger partial charge in [0, 0.05) is 10.6 Å². The predicted molar refractivity (Wildman–Crippen MR) is 90.4 cm³/mol. The number of benzene rings is 1. The molecule has 4 rings (SSSR count). The Labute approximate surface area is 144 Å². The summed E-state index contributed by atoms with van der Waals surface area (Å²) in [5.41, 5.74) is 0.668. The van der Waals surface area contributed by atoms with Crippen molar-refractivity contribution in [2.75, 3.05) is 13.2 Å². The maximum Gasteiger partial charge on any atom is 0.313 e. The van der Waals surface area contributed by atoms with E-state index in [1.54, 1.807) is 0 Å². The van der Waals surface area contributed by atoms with E-state index in [-0.39, 0.29) is 14.4 Å². The lowest BCUT2D eigenvalue weighted by molar-refractivity contribution is -0.512. The molecule has 3 aliphatic rings. The van der Waals surface area contributed by atoms with Crippen LogP contribution in [0.2, 0.25) is 5.02 Å². The number of hydrogen-bond donors (Lipinski definition) is 0. The van der Waals surface area contributed by atoms with E-state index in [4.69, 9.17) is 25.8 Å². The molecule has 0 saturated carbocycles. The van der Waals surface area contributed by atoms with E-state index < -0.39 is 5.97 Å². The predicted octanol–water partition coefficient (Wildman–Crippen LogP) is 4.71. The Bertz CT molecular complexity index is 540. The van der Waals surface area contributed by atoms with E-state index in [0.717, 1.165) is 5.56 Å². The normalized spacial score (nSPS) is 39.5.